The van der Waals surface area contributed by atoms with E-state index in [2.05, 4.69) is 5.32 Å². The summed E-state index contributed by atoms with van der Waals surface area (Å²) in [7, 11) is 1.41. The number of aromatic nitrogens is 1. The molecule has 1 amide bonds. The molecule has 3 N–H and O–H groups in total. The van der Waals surface area contributed by atoms with E-state index in [-0.39, 0.29) is 17.1 Å². The fourth-order valence-corrected chi connectivity index (χ4v) is 2.98. The van der Waals surface area contributed by atoms with E-state index in [0.29, 0.717) is 5.56 Å². The van der Waals surface area contributed by atoms with Crippen LogP contribution in [0.2, 0.25) is 0 Å². The third-order valence-electron chi connectivity index (χ3n) is 4.14. The quantitative estimate of drug-likeness (QED) is 0.734. The lowest BCUT2D eigenvalue weighted by Crippen LogP contribution is -2.53. The van der Waals surface area contributed by atoms with Gasteiger partial charge in [0, 0.05) is 12.1 Å². The number of nitriles is 1. The number of pyridine rings is 1. The zero-order chi connectivity index (χ0) is 18.0. The summed E-state index contributed by atoms with van der Waals surface area (Å²) >= 11 is 0. The number of allylic oxidation sites excluding steroid dienone is 1. The number of carbonyl (C=O) groups excluding carboxylic acids is 1. The van der Waals surface area contributed by atoms with Crippen molar-refractivity contribution in [1.29, 1.82) is 5.26 Å². The summed E-state index contributed by atoms with van der Waals surface area (Å²) in [6.45, 7) is 0. The number of amides is 1. The zero-order valence-electron chi connectivity index (χ0n) is 13.4. The van der Waals surface area contributed by atoms with Crippen LogP contribution >= 0.6 is 0 Å². The molecule has 2 unspecified atom stereocenters. The van der Waals surface area contributed by atoms with Crippen molar-refractivity contribution >= 4 is 5.91 Å². The minimum atomic E-state index is -0.777. The highest BCUT2D eigenvalue weighted by Gasteiger charge is 2.45. The van der Waals surface area contributed by atoms with Gasteiger partial charge in [0.1, 0.15) is 11.6 Å². The third-order valence-corrected chi connectivity index (χ3v) is 4.14. The van der Waals surface area contributed by atoms with E-state index in [1.54, 1.807) is 41.2 Å². The van der Waals surface area contributed by atoms with Crippen molar-refractivity contribution in [3.8, 4) is 17.6 Å². The summed E-state index contributed by atoms with van der Waals surface area (Å²) in [5.41, 5.74) is 0.600. The highest BCUT2D eigenvalue weighted by molar-refractivity contribution is 5.84. The SMILES string of the molecule is COc1cc(C2C(C#N)=C(O)NC(=O)C2[n+]2ccccc2)ccc1O. The Morgan fingerprint density at radius 3 is 2.60 bits per heavy atom. The number of phenols is 1. The molecule has 3 rings (SSSR count). The second-order valence-electron chi connectivity index (χ2n) is 5.54. The summed E-state index contributed by atoms with van der Waals surface area (Å²) < 4.78 is 6.79. The number of phenolic OH excluding ortho intramolecular Hbond substituents is 1. The molecule has 2 heterocycles. The maximum absolute atomic E-state index is 12.6. The molecule has 1 aliphatic heterocycles. The minimum absolute atomic E-state index is 0.0358. The lowest BCUT2D eigenvalue weighted by molar-refractivity contribution is -0.711. The zero-order valence-corrected chi connectivity index (χ0v) is 13.4. The lowest BCUT2D eigenvalue weighted by atomic mass is 9.82. The standard InChI is InChI=1S/C18H15N3O4/c1-25-14-9-11(5-6-13(14)22)15-12(10-19)17(23)20-18(24)16(15)21-7-3-2-4-8-21/h2-9,15-16H,1H3,(H2-,20,22,23,24)/p+1. The molecular weight excluding hydrogens is 322 g/mol. The van der Waals surface area contributed by atoms with Gasteiger partial charge in [0.2, 0.25) is 11.9 Å². The van der Waals surface area contributed by atoms with E-state index in [4.69, 9.17) is 4.74 Å². The Morgan fingerprint density at radius 1 is 1.24 bits per heavy atom. The number of aliphatic hydroxyl groups is 1. The van der Waals surface area contributed by atoms with Crippen LogP contribution in [-0.2, 0) is 4.79 Å². The molecule has 0 saturated heterocycles. The van der Waals surface area contributed by atoms with Crippen LogP contribution in [0.3, 0.4) is 0 Å². The summed E-state index contributed by atoms with van der Waals surface area (Å²) in [4.78, 5) is 12.6. The number of hydrogen-bond acceptors (Lipinski definition) is 5. The number of aromatic hydroxyl groups is 1. The number of carbonyl (C=O) groups is 1. The van der Waals surface area contributed by atoms with E-state index in [1.165, 1.54) is 13.2 Å². The molecule has 0 spiro atoms. The number of ether oxygens (including phenoxy) is 1. The van der Waals surface area contributed by atoms with Crippen molar-refractivity contribution in [1.82, 2.24) is 5.32 Å². The van der Waals surface area contributed by atoms with Crippen LogP contribution in [0.4, 0.5) is 0 Å². The average molecular weight is 338 g/mol. The van der Waals surface area contributed by atoms with Gasteiger partial charge in [-0.25, -0.2) is 0 Å². The summed E-state index contributed by atoms with van der Waals surface area (Å²) in [6.07, 6.45) is 3.43. The largest absolute Gasteiger partial charge is 0.504 e. The third kappa shape index (κ3) is 2.85. The number of benzene rings is 1. The van der Waals surface area contributed by atoms with Crippen molar-refractivity contribution in [3.05, 3.63) is 65.8 Å². The van der Waals surface area contributed by atoms with Gasteiger partial charge in [-0.2, -0.15) is 9.83 Å². The first-order valence-corrected chi connectivity index (χ1v) is 7.53. The number of aliphatic hydroxyl groups excluding tert-OH is 1. The van der Waals surface area contributed by atoms with E-state index in [1.807, 2.05) is 12.1 Å². The maximum Gasteiger partial charge on any atom is 0.296 e. The van der Waals surface area contributed by atoms with Gasteiger partial charge in [0.15, 0.2) is 23.9 Å². The van der Waals surface area contributed by atoms with Crippen LogP contribution in [0.15, 0.2) is 60.2 Å². The first-order valence-electron chi connectivity index (χ1n) is 7.53. The predicted molar refractivity (Wildman–Crippen MR) is 86.5 cm³/mol. The fraction of sp³-hybridized carbons (Fsp3) is 0.167. The smallest absolute Gasteiger partial charge is 0.296 e. The molecule has 1 aromatic heterocycles. The number of nitrogens with one attached hydrogen (secondary N) is 1. The van der Waals surface area contributed by atoms with Crippen LogP contribution in [0.1, 0.15) is 17.5 Å². The van der Waals surface area contributed by atoms with Crippen molar-refractivity contribution in [2.24, 2.45) is 0 Å². The van der Waals surface area contributed by atoms with E-state index in [0.717, 1.165) is 0 Å². The van der Waals surface area contributed by atoms with Gasteiger partial charge >= 0.3 is 0 Å². The number of methoxy groups -OCH3 is 1. The van der Waals surface area contributed by atoms with E-state index < -0.39 is 23.8 Å². The summed E-state index contributed by atoms with van der Waals surface area (Å²) in [5.74, 6) is -1.47. The van der Waals surface area contributed by atoms with Gasteiger partial charge in [-0.15, -0.1) is 0 Å². The number of hydrogen-bond donors (Lipinski definition) is 3. The molecule has 25 heavy (non-hydrogen) atoms. The van der Waals surface area contributed by atoms with Gasteiger partial charge in [-0.05, 0) is 17.7 Å². The first kappa shape index (κ1) is 16.3. The topological polar surface area (TPSA) is 106 Å². The Bertz CT molecular complexity index is 887. The van der Waals surface area contributed by atoms with Gasteiger partial charge < -0.3 is 14.9 Å². The van der Waals surface area contributed by atoms with Gasteiger partial charge in [-0.3, -0.25) is 10.1 Å². The average Bonchev–Trinajstić information content (AvgIpc) is 2.62. The normalized spacial score (nSPS) is 19.9. The molecule has 1 aromatic carbocycles. The molecule has 7 nitrogen and oxygen atoms in total. The maximum atomic E-state index is 12.6. The molecule has 7 heteroatoms. The molecule has 2 atom stereocenters. The molecule has 1 aliphatic rings. The van der Waals surface area contributed by atoms with Crippen LogP contribution in [-0.4, -0.2) is 23.2 Å². The molecule has 0 saturated carbocycles. The molecule has 0 bridgehead atoms. The Hall–Kier alpha value is -3.53. The van der Waals surface area contributed by atoms with Gasteiger partial charge in [0.05, 0.1) is 13.0 Å². The predicted octanol–water partition coefficient (Wildman–Crippen LogP) is 1.44. The first-order chi connectivity index (χ1) is 12.1. The molecule has 0 fully saturated rings. The van der Waals surface area contributed by atoms with Crippen LogP contribution in [0.5, 0.6) is 11.5 Å². The van der Waals surface area contributed by atoms with Crippen LogP contribution in [0, 0.1) is 11.3 Å². The van der Waals surface area contributed by atoms with E-state index in [9.17, 15) is 20.3 Å². The van der Waals surface area contributed by atoms with Gasteiger partial charge in [-0.1, -0.05) is 12.1 Å². The monoisotopic (exact) mass is 338 g/mol. The Labute approximate surface area is 144 Å². The van der Waals surface area contributed by atoms with Gasteiger partial charge in [0.25, 0.3) is 5.91 Å². The fourth-order valence-electron chi connectivity index (χ4n) is 2.98. The molecule has 2 aromatic rings. The lowest BCUT2D eigenvalue weighted by Gasteiger charge is -2.27. The molecule has 0 aliphatic carbocycles. The second-order valence-corrected chi connectivity index (χ2v) is 5.54. The summed E-state index contributed by atoms with van der Waals surface area (Å²) in [5, 5.41) is 31.7. The van der Waals surface area contributed by atoms with E-state index >= 15 is 0 Å². The Kier molecular flexibility index (Phi) is 4.27. The highest BCUT2D eigenvalue weighted by Crippen LogP contribution is 2.39. The van der Waals surface area contributed by atoms with Crippen molar-refractivity contribution in [2.45, 2.75) is 12.0 Å². The Balaban J connectivity index is 2.21. The van der Waals surface area contributed by atoms with Crippen LogP contribution in [0.25, 0.3) is 0 Å². The van der Waals surface area contributed by atoms with Crippen molar-refractivity contribution in [2.75, 3.05) is 7.11 Å². The molecule has 0 radical (unpaired) electrons. The van der Waals surface area contributed by atoms with Crippen molar-refractivity contribution < 1.29 is 24.3 Å². The van der Waals surface area contributed by atoms with Crippen molar-refractivity contribution in [3.63, 3.8) is 0 Å². The molecular formula is C18H16N3O4+. The van der Waals surface area contributed by atoms with Crippen LogP contribution < -0.4 is 14.6 Å². The highest BCUT2D eigenvalue weighted by atomic mass is 16.5. The molecule has 126 valence electrons. The number of nitrogens with zero attached hydrogens (tertiary/aromatic N) is 2. The minimum Gasteiger partial charge on any atom is -0.504 e. The summed E-state index contributed by atoms with van der Waals surface area (Å²) in [6, 6.07) is 11.1. The Morgan fingerprint density at radius 2 is 1.96 bits per heavy atom. The number of rotatable bonds is 3. The second kappa shape index (κ2) is 6.53.